The van der Waals surface area contributed by atoms with Gasteiger partial charge in [0.1, 0.15) is 5.54 Å². The van der Waals surface area contributed by atoms with Gasteiger partial charge in [0.15, 0.2) is 0 Å². The summed E-state index contributed by atoms with van der Waals surface area (Å²) in [6.07, 6.45) is -2.17. The highest BCUT2D eigenvalue weighted by molar-refractivity contribution is 6.05. The van der Waals surface area contributed by atoms with E-state index in [0.29, 0.717) is 35.9 Å². The van der Waals surface area contributed by atoms with Crippen molar-refractivity contribution in [1.82, 2.24) is 15.4 Å². The van der Waals surface area contributed by atoms with Gasteiger partial charge < -0.3 is 18.9 Å². The van der Waals surface area contributed by atoms with E-state index in [0.717, 1.165) is 27.5 Å². The van der Waals surface area contributed by atoms with Crippen LogP contribution in [0.4, 0.5) is 24.9 Å². The maximum absolute atomic E-state index is 13.2. The van der Waals surface area contributed by atoms with Crippen LogP contribution >= 0.6 is 0 Å². The van der Waals surface area contributed by atoms with Crippen LogP contribution in [0.1, 0.15) is 24.8 Å². The molecule has 1 heterocycles. The van der Waals surface area contributed by atoms with Crippen LogP contribution in [0.3, 0.4) is 0 Å². The van der Waals surface area contributed by atoms with E-state index in [1.54, 1.807) is 18.2 Å². The summed E-state index contributed by atoms with van der Waals surface area (Å²) in [7, 11) is 4.74. The maximum atomic E-state index is 13.2. The molecular formula is C23H26N4O8. The quantitative estimate of drug-likeness (QED) is 0.479. The Morgan fingerprint density at radius 1 is 0.943 bits per heavy atom. The van der Waals surface area contributed by atoms with E-state index >= 15 is 0 Å². The molecule has 1 aliphatic carbocycles. The number of benzene rings is 2. The molecule has 35 heavy (non-hydrogen) atoms. The molecule has 1 fully saturated rings. The number of hydrazine groups is 2. The van der Waals surface area contributed by atoms with Crippen LogP contribution in [0.25, 0.3) is 10.8 Å². The fourth-order valence-corrected chi connectivity index (χ4v) is 5.17. The number of methoxy groups -OCH3 is 4. The van der Waals surface area contributed by atoms with Gasteiger partial charge in [-0.15, -0.1) is 0 Å². The molecule has 2 aromatic rings. The van der Waals surface area contributed by atoms with Gasteiger partial charge in [0.25, 0.3) is 0 Å². The van der Waals surface area contributed by atoms with E-state index in [1.807, 2.05) is 18.2 Å². The van der Waals surface area contributed by atoms with Crippen LogP contribution in [0.5, 0.6) is 0 Å². The van der Waals surface area contributed by atoms with Gasteiger partial charge in [0, 0.05) is 10.9 Å². The Morgan fingerprint density at radius 3 is 2.31 bits per heavy atom. The van der Waals surface area contributed by atoms with Crippen molar-refractivity contribution in [3.63, 3.8) is 0 Å². The zero-order valence-electron chi connectivity index (χ0n) is 19.8. The number of fused-ring (bicyclic) bond motifs is 5. The zero-order chi connectivity index (χ0) is 25.3. The molecule has 0 saturated heterocycles. The van der Waals surface area contributed by atoms with Crippen molar-refractivity contribution in [2.45, 2.75) is 30.8 Å². The van der Waals surface area contributed by atoms with Crippen LogP contribution in [-0.4, -0.2) is 68.9 Å². The molecule has 2 aliphatic rings. The van der Waals surface area contributed by atoms with Gasteiger partial charge in [0.05, 0.1) is 40.2 Å². The van der Waals surface area contributed by atoms with Gasteiger partial charge in [-0.05, 0) is 24.6 Å². The molecule has 0 spiro atoms. The third-order valence-corrected chi connectivity index (χ3v) is 6.53. The van der Waals surface area contributed by atoms with Crippen molar-refractivity contribution >= 4 is 40.8 Å². The van der Waals surface area contributed by atoms with Crippen LogP contribution < -0.4 is 10.4 Å². The molecule has 1 N–H and O–H groups in total. The topological polar surface area (TPSA) is 127 Å². The summed E-state index contributed by atoms with van der Waals surface area (Å²) in [5.41, 5.74) is 1.98. The number of amides is 4. The summed E-state index contributed by atoms with van der Waals surface area (Å²) in [4.78, 5) is 51.7. The van der Waals surface area contributed by atoms with Gasteiger partial charge in [-0.2, -0.15) is 5.01 Å². The highest BCUT2D eigenvalue weighted by atomic mass is 16.6. The maximum Gasteiger partial charge on any atom is 0.433 e. The van der Waals surface area contributed by atoms with E-state index in [-0.39, 0.29) is 0 Å². The minimum absolute atomic E-state index is 0.319. The first-order valence-corrected chi connectivity index (χ1v) is 10.9. The lowest BCUT2D eigenvalue weighted by Crippen LogP contribution is -2.71. The van der Waals surface area contributed by atoms with Crippen LogP contribution in [0, 0.1) is 0 Å². The fourth-order valence-electron chi connectivity index (χ4n) is 5.17. The Kier molecular flexibility index (Phi) is 6.29. The lowest BCUT2D eigenvalue weighted by Gasteiger charge is -2.53. The van der Waals surface area contributed by atoms with E-state index in [2.05, 4.69) is 5.43 Å². The third-order valence-electron chi connectivity index (χ3n) is 6.53. The number of rotatable bonds is 1. The van der Waals surface area contributed by atoms with Crippen molar-refractivity contribution in [2.24, 2.45) is 0 Å². The predicted octanol–water partition coefficient (Wildman–Crippen LogP) is 3.50. The molecule has 0 aromatic heterocycles. The van der Waals surface area contributed by atoms with E-state index < -0.39 is 36.0 Å². The van der Waals surface area contributed by atoms with E-state index in [9.17, 15) is 19.2 Å². The van der Waals surface area contributed by atoms with Crippen molar-refractivity contribution in [3.05, 3.63) is 42.0 Å². The number of ether oxygens (including phenoxy) is 4. The highest BCUT2D eigenvalue weighted by Gasteiger charge is 2.62. The van der Waals surface area contributed by atoms with Gasteiger partial charge in [-0.25, -0.2) is 34.6 Å². The van der Waals surface area contributed by atoms with E-state index in [1.165, 1.54) is 21.3 Å². The molecule has 1 aliphatic heterocycles. The van der Waals surface area contributed by atoms with Crippen molar-refractivity contribution in [1.29, 1.82) is 0 Å². The number of carbonyl (C=O) groups excluding carboxylic acids is 4. The number of hydrogen-bond acceptors (Lipinski definition) is 8. The second-order valence-electron chi connectivity index (χ2n) is 8.02. The number of nitrogens with one attached hydrogen (secondary N) is 1. The van der Waals surface area contributed by atoms with Crippen LogP contribution in [-0.2, 0) is 24.5 Å². The predicted molar refractivity (Wildman–Crippen MR) is 122 cm³/mol. The number of nitrogens with zero attached hydrogens (tertiary/aromatic N) is 3. The molecule has 2 atom stereocenters. The second kappa shape index (κ2) is 9.20. The Balaban J connectivity index is 2.11. The number of hydrogen-bond donors (Lipinski definition) is 1. The monoisotopic (exact) mass is 486 g/mol. The fraction of sp³-hybridized carbons (Fsp3) is 0.391. The largest absolute Gasteiger partial charge is 0.452 e. The molecule has 0 bridgehead atoms. The molecule has 186 valence electrons. The van der Waals surface area contributed by atoms with Gasteiger partial charge in [-0.3, -0.25) is 0 Å². The average Bonchev–Trinajstić information content (AvgIpc) is 3.34. The Bertz CT molecular complexity index is 1190. The summed E-state index contributed by atoms with van der Waals surface area (Å²) in [6, 6.07) is 10.1. The summed E-state index contributed by atoms with van der Waals surface area (Å²) in [6.45, 7) is 0. The minimum atomic E-state index is -1.32. The SMILES string of the molecule is COC(=O)NN(C(=O)OC)[C@@]12CCC[C@H]1N(C(=O)OC)N(C(=O)OC)c1c2ccc2ccccc12. The first-order valence-electron chi connectivity index (χ1n) is 10.9. The smallest absolute Gasteiger partial charge is 0.433 e. The molecule has 1 saturated carbocycles. The number of anilines is 1. The zero-order valence-corrected chi connectivity index (χ0v) is 19.8. The summed E-state index contributed by atoms with van der Waals surface area (Å²) in [5, 5.41) is 4.71. The van der Waals surface area contributed by atoms with Crippen LogP contribution in [0.15, 0.2) is 36.4 Å². The first kappa shape index (κ1) is 23.9. The van der Waals surface area contributed by atoms with Crippen molar-refractivity contribution in [2.75, 3.05) is 33.4 Å². The molecule has 12 heteroatoms. The second-order valence-corrected chi connectivity index (χ2v) is 8.02. The molecule has 4 amide bonds. The average molecular weight is 486 g/mol. The minimum Gasteiger partial charge on any atom is -0.452 e. The molecule has 4 rings (SSSR count). The summed E-state index contributed by atoms with van der Waals surface area (Å²) >= 11 is 0. The molecule has 2 aromatic carbocycles. The normalized spacial score (nSPS) is 20.4. The Morgan fingerprint density at radius 2 is 1.66 bits per heavy atom. The summed E-state index contributed by atoms with van der Waals surface area (Å²) < 4.78 is 19.9. The first-order chi connectivity index (χ1) is 16.8. The Labute approximate surface area is 201 Å². The van der Waals surface area contributed by atoms with Crippen molar-refractivity contribution < 1.29 is 38.1 Å². The van der Waals surface area contributed by atoms with Gasteiger partial charge in [-0.1, -0.05) is 36.4 Å². The van der Waals surface area contributed by atoms with Gasteiger partial charge in [0.2, 0.25) is 0 Å². The number of carbonyl (C=O) groups is 4. The van der Waals surface area contributed by atoms with E-state index in [4.69, 9.17) is 18.9 Å². The standard InChI is InChI=1S/C23H26N4O8/c1-32-19(28)24-27(22(31)35-4)23-13-7-10-17(23)25(20(29)33-2)26(21(30)34-3)18-15-9-6-5-8-14(15)11-12-16(18)23/h5-6,8-9,11-12,17H,7,10,13H2,1-4H3,(H,24,28)/t17-,23-/m1/s1. The molecule has 0 unspecified atom stereocenters. The lowest BCUT2D eigenvalue weighted by atomic mass is 9.79. The lowest BCUT2D eigenvalue weighted by molar-refractivity contribution is -0.0244. The van der Waals surface area contributed by atoms with Crippen LogP contribution in [0.2, 0.25) is 0 Å². The molecule has 0 radical (unpaired) electrons. The Hall–Kier alpha value is -4.22. The highest BCUT2D eigenvalue weighted by Crippen LogP contribution is 2.55. The molecular weight excluding hydrogens is 460 g/mol. The summed E-state index contributed by atoms with van der Waals surface area (Å²) in [5.74, 6) is 0. The third kappa shape index (κ3) is 3.52. The van der Waals surface area contributed by atoms with Crippen molar-refractivity contribution in [3.8, 4) is 0 Å². The van der Waals surface area contributed by atoms with Gasteiger partial charge >= 0.3 is 24.4 Å². The molecule has 12 nitrogen and oxygen atoms in total.